The van der Waals surface area contributed by atoms with Gasteiger partial charge in [0.15, 0.2) is 35.0 Å². The van der Waals surface area contributed by atoms with Crippen LogP contribution in [-0.2, 0) is 13.8 Å². The number of aliphatic hydroxyl groups is 3. The Morgan fingerprint density at radius 1 is 1.14 bits per heavy atom. The highest BCUT2D eigenvalue weighted by Gasteiger charge is 2.53. The number of alkyl halides is 1. The second kappa shape index (κ2) is 11.0. The first-order valence-electron chi connectivity index (χ1n) is 12.6. The van der Waals surface area contributed by atoms with Crippen LogP contribution in [0.15, 0.2) is 23.8 Å². The van der Waals surface area contributed by atoms with Crippen molar-refractivity contribution in [3.63, 3.8) is 0 Å². The molecular weight excluding hydrogens is 618 g/mol. The van der Waals surface area contributed by atoms with Gasteiger partial charge >= 0.3 is 0 Å². The summed E-state index contributed by atoms with van der Waals surface area (Å²) >= 11 is 5.38. The highest BCUT2D eigenvalue weighted by Crippen LogP contribution is 2.66. The number of anilines is 2. The number of nitrogen functional groups attached to an aromatic ring is 2. The third-order valence-corrected chi connectivity index (χ3v) is 12.1. The molecule has 21 heteroatoms. The van der Waals surface area contributed by atoms with Gasteiger partial charge in [0, 0.05) is 6.42 Å². The van der Waals surface area contributed by atoms with Gasteiger partial charge in [-0.3, -0.25) is 18.9 Å². The standard InChI is InChI=1S/C21H26FN10O7PS2/c22-9-12(34)7(39-19(9)31-5-27-10-15(23)25-4-26-16(10)31)1-2-38-40(37,41)14-13(35)8(3-33)42-20(14)32-6-28-11-17(32)29-21(24)30-18(11)36/h4-9,12-14,19-20,33-35H,1-3H2,(H,37,41)(H2,23,25,26)(H3,24,29,30,36)/t7-,8-,9+,12-,13-,14-,19-,20-,40?/m1/s1. The van der Waals surface area contributed by atoms with Crippen LogP contribution in [-0.4, -0.2) is 103 Å². The smallest absolute Gasteiger partial charge is 0.280 e. The van der Waals surface area contributed by atoms with Crippen molar-refractivity contribution in [3.8, 4) is 0 Å². The summed E-state index contributed by atoms with van der Waals surface area (Å²) < 4.78 is 43.2. The largest absolute Gasteiger partial charge is 0.395 e. The number of thioether (sulfide) groups is 1. The maximum absolute atomic E-state index is 15.1. The summed E-state index contributed by atoms with van der Waals surface area (Å²) in [5.41, 5.74) is 10.3. The van der Waals surface area contributed by atoms with Crippen LogP contribution >= 0.6 is 30.6 Å². The third-order valence-electron chi connectivity index (χ3n) is 7.25. The topological polar surface area (TPSA) is 255 Å². The lowest BCUT2D eigenvalue weighted by Crippen LogP contribution is -2.33. The number of aromatic amines is 1. The Hall–Kier alpha value is -2.84. The fourth-order valence-corrected chi connectivity index (χ4v) is 10.3. The van der Waals surface area contributed by atoms with Crippen molar-refractivity contribution in [1.82, 2.24) is 39.0 Å². The molecule has 0 bridgehead atoms. The molecule has 0 aromatic carbocycles. The molecule has 42 heavy (non-hydrogen) atoms. The Balaban J connectivity index is 1.19. The van der Waals surface area contributed by atoms with Crippen molar-refractivity contribution in [2.24, 2.45) is 0 Å². The number of halogens is 1. The number of hydrogen-bond donors (Lipinski definition) is 7. The molecule has 9 atom stereocenters. The fraction of sp³-hybridized carbons (Fsp3) is 0.524. The lowest BCUT2D eigenvalue weighted by molar-refractivity contribution is -0.0304. The minimum atomic E-state index is -4.00. The van der Waals surface area contributed by atoms with Crippen LogP contribution in [0.4, 0.5) is 16.2 Å². The second-order valence-corrected chi connectivity index (χ2v) is 14.8. The van der Waals surface area contributed by atoms with Crippen molar-refractivity contribution in [3.05, 3.63) is 29.3 Å². The quantitative estimate of drug-likeness (QED) is 0.0950. The molecule has 4 aromatic rings. The van der Waals surface area contributed by atoms with E-state index < -0.39 is 65.7 Å². The predicted octanol–water partition coefficient (Wildman–Crippen LogP) is -0.414. The van der Waals surface area contributed by atoms with Gasteiger partial charge in [0.2, 0.25) is 5.95 Å². The highest BCUT2D eigenvalue weighted by atomic mass is 32.7. The van der Waals surface area contributed by atoms with E-state index in [4.69, 9.17) is 20.7 Å². The van der Waals surface area contributed by atoms with Crippen LogP contribution in [0, 0.1) is 0 Å². The van der Waals surface area contributed by atoms with E-state index in [1.807, 2.05) is 0 Å². The van der Waals surface area contributed by atoms with Gasteiger partial charge in [-0.25, -0.2) is 24.3 Å². The predicted molar refractivity (Wildman–Crippen MR) is 152 cm³/mol. The highest BCUT2D eigenvalue weighted by molar-refractivity contribution is 8.46. The fourth-order valence-electron chi connectivity index (χ4n) is 5.20. The van der Waals surface area contributed by atoms with Gasteiger partial charge in [0.25, 0.3) is 12.1 Å². The van der Waals surface area contributed by atoms with E-state index in [9.17, 15) is 24.7 Å². The summed E-state index contributed by atoms with van der Waals surface area (Å²) in [6.07, 6.45) is -3.38. The molecule has 6 heterocycles. The van der Waals surface area contributed by atoms with Crippen LogP contribution in [0.2, 0.25) is 0 Å². The Morgan fingerprint density at radius 2 is 1.88 bits per heavy atom. The average molecular weight is 645 g/mol. The molecule has 0 radical (unpaired) electrons. The maximum Gasteiger partial charge on any atom is 0.280 e. The number of hydrogen-bond acceptors (Lipinski definition) is 15. The van der Waals surface area contributed by atoms with Crippen LogP contribution in [0.3, 0.4) is 0 Å². The van der Waals surface area contributed by atoms with E-state index in [2.05, 4.69) is 42.2 Å². The van der Waals surface area contributed by atoms with E-state index >= 15 is 4.39 Å². The molecule has 0 spiro atoms. The number of H-pyrrole nitrogens is 1. The van der Waals surface area contributed by atoms with Crippen LogP contribution in [0.1, 0.15) is 18.0 Å². The number of rotatable bonds is 8. The lowest BCUT2D eigenvalue weighted by atomic mass is 10.1. The van der Waals surface area contributed by atoms with Crippen molar-refractivity contribution in [2.75, 3.05) is 24.7 Å². The number of nitrogens with zero attached hydrogens (tertiary/aromatic N) is 7. The van der Waals surface area contributed by atoms with Crippen LogP contribution < -0.4 is 17.0 Å². The summed E-state index contributed by atoms with van der Waals surface area (Å²) in [4.78, 5) is 34.8. The first-order chi connectivity index (χ1) is 20.0. The Bertz CT molecular complexity index is 1740. The van der Waals surface area contributed by atoms with E-state index in [-0.39, 0.29) is 47.1 Å². The number of nitrogens with one attached hydrogen (secondary N) is 1. The molecule has 2 aliphatic rings. The minimum absolute atomic E-state index is 0.0251. The minimum Gasteiger partial charge on any atom is -0.395 e. The van der Waals surface area contributed by atoms with Crippen molar-refractivity contribution < 1.29 is 33.5 Å². The zero-order valence-electron chi connectivity index (χ0n) is 21.4. The Labute approximate surface area is 244 Å². The van der Waals surface area contributed by atoms with Crippen molar-refractivity contribution in [2.45, 2.75) is 53.4 Å². The molecule has 2 aliphatic heterocycles. The maximum atomic E-state index is 15.1. The Kier molecular flexibility index (Phi) is 7.67. The van der Waals surface area contributed by atoms with E-state index in [0.717, 1.165) is 11.8 Å². The molecule has 0 saturated carbocycles. The third kappa shape index (κ3) is 4.84. The summed E-state index contributed by atoms with van der Waals surface area (Å²) in [7, 11) is 0. The average Bonchev–Trinajstić information content (AvgIpc) is 3.70. The van der Waals surface area contributed by atoms with Gasteiger partial charge in [-0.2, -0.15) is 4.98 Å². The summed E-state index contributed by atoms with van der Waals surface area (Å²) in [6, 6.07) is 0. The number of ether oxygens (including phenoxy) is 1. The normalized spacial score (nSPS) is 31.3. The van der Waals surface area contributed by atoms with Gasteiger partial charge in [-0.05, 0) is 0 Å². The molecule has 2 fully saturated rings. The number of thiol groups is 1. The van der Waals surface area contributed by atoms with Gasteiger partial charge in [-0.15, -0.1) is 11.8 Å². The first kappa shape index (κ1) is 29.2. The Morgan fingerprint density at radius 3 is 2.64 bits per heavy atom. The van der Waals surface area contributed by atoms with Crippen molar-refractivity contribution >= 4 is 64.7 Å². The molecule has 0 amide bonds. The molecule has 17 nitrogen and oxygen atoms in total. The van der Waals surface area contributed by atoms with E-state index in [1.54, 1.807) is 0 Å². The van der Waals surface area contributed by atoms with Gasteiger partial charge in [0.1, 0.15) is 23.6 Å². The summed E-state index contributed by atoms with van der Waals surface area (Å²) in [5, 5.41) is 29.8. The van der Waals surface area contributed by atoms with Crippen LogP contribution in [0.5, 0.6) is 0 Å². The molecule has 2 saturated heterocycles. The molecule has 8 N–H and O–H groups in total. The monoisotopic (exact) mass is 644 g/mol. The molecule has 226 valence electrons. The lowest BCUT2D eigenvalue weighted by Gasteiger charge is -2.28. The zero-order chi connectivity index (χ0) is 29.9. The van der Waals surface area contributed by atoms with Crippen LogP contribution in [0.25, 0.3) is 22.3 Å². The van der Waals surface area contributed by atoms with Gasteiger partial charge in [-0.1, -0.05) is 12.2 Å². The summed E-state index contributed by atoms with van der Waals surface area (Å²) in [5.74, 6) is -0.0662. The zero-order valence-corrected chi connectivity index (χ0v) is 24.0. The second-order valence-electron chi connectivity index (χ2n) is 9.77. The van der Waals surface area contributed by atoms with E-state index in [0.29, 0.717) is 0 Å². The first-order valence-corrected chi connectivity index (χ1v) is 16.3. The molecule has 6 rings (SSSR count). The molecule has 1 unspecified atom stereocenters. The SMILES string of the molecule is Nc1nc2c(ncn2[C@@H]2S[C@H](CO)[C@@H](O)[C@H]2P(=O)(S)OCC[C@H]2O[C@@H](n3cnc4c(N)ncnc43)[C@@H](F)[C@@H]2O)c(=O)[nH]1. The number of aromatic nitrogens is 8. The molecule has 4 aromatic heterocycles. The van der Waals surface area contributed by atoms with E-state index in [1.165, 1.54) is 28.1 Å². The van der Waals surface area contributed by atoms with Gasteiger partial charge in [0.05, 0.1) is 48.7 Å². The van der Waals surface area contributed by atoms with Gasteiger partial charge < -0.3 is 40.6 Å². The number of imidazole rings is 2. The summed E-state index contributed by atoms with van der Waals surface area (Å²) in [6.45, 7) is -4.74. The number of aliphatic hydroxyl groups excluding tert-OH is 3. The number of nitrogens with two attached hydrogens (primary N) is 2. The molecule has 0 aliphatic carbocycles. The molecular formula is C21H26FN10O7PS2. The number of fused-ring (bicyclic) bond motifs is 2. The van der Waals surface area contributed by atoms with Crippen molar-refractivity contribution in [1.29, 1.82) is 0 Å².